The molecule has 1 amide bonds. The third-order valence-electron chi connectivity index (χ3n) is 3.90. The zero-order valence-electron chi connectivity index (χ0n) is 14.5. The maximum atomic E-state index is 12.6. The highest BCUT2D eigenvalue weighted by molar-refractivity contribution is 7.89. The summed E-state index contributed by atoms with van der Waals surface area (Å²) in [5.74, 6) is -0.396. The molecule has 134 valence electrons. The summed E-state index contributed by atoms with van der Waals surface area (Å²) in [6.07, 6.45) is 0. The zero-order chi connectivity index (χ0) is 18.6. The quantitative estimate of drug-likeness (QED) is 0.827. The van der Waals surface area contributed by atoms with Gasteiger partial charge in [0.1, 0.15) is 5.75 Å². The second-order valence-corrected chi connectivity index (χ2v) is 7.51. The van der Waals surface area contributed by atoms with E-state index in [0.717, 1.165) is 0 Å². The number of rotatable bonds is 6. The number of anilines is 1. The number of sulfonamides is 1. The standard InChI is InChI=1S/C18H22N2O4S/c1-4-20(5-2)25(23,24)16-10-9-13(3)17(12-16)18(22)19-14-7-6-8-15(21)11-14/h6-12,21H,4-5H2,1-3H3,(H,19,22). The van der Waals surface area contributed by atoms with Crippen LogP contribution in [0.1, 0.15) is 29.8 Å². The van der Waals surface area contributed by atoms with Crippen LogP contribution in [-0.2, 0) is 10.0 Å². The number of phenols is 1. The molecular formula is C18H22N2O4S. The third-order valence-corrected chi connectivity index (χ3v) is 5.95. The Morgan fingerprint density at radius 3 is 2.40 bits per heavy atom. The van der Waals surface area contributed by atoms with Gasteiger partial charge in [0, 0.05) is 30.4 Å². The first kappa shape index (κ1) is 19.0. The van der Waals surface area contributed by atoms with E-state index in [1.807, 2.05) is 0 Å². The van der Waals surface area contributed by atoms with E-state index in [9.17, 15) is 18.3 Å². The Kier molecular flexibility index (Phi) is 5.81. The van der Waals surface area contributed by atoms with Gasteiger partial charge in [-0.1, -0.05) is 26.0 Å². The normalized spacial score (nSPS) is 11.5. The molecule has 0 saturated carbocycles. The van der Waals surface area contributed by atoms with E-state index in [4.69, 9.17) is 0 Å². The first-order chi connectivity index (χ1) is 11.8. The van der Waals surface area contributed by atoms with Crippen molar-refractivity contribution in [1.82, 2.24) is 4.31 Å². The van der Waals surface area contributed by atoms with Crippen LogP contribution < -0.4 is 5.32 Å². The van der Waals surface area contributed by atoms with Crippen molar-refractivity contribution in [3.63, 3.8) is 0 Å². The molecule has 2 aromatic rings. The molecule has 0 aliphatic carbocycles. The molecule has 0 spiro atoms. The summed E-state index contributed by atoms with van der Waals surface area (Å²) in [5.41, 5.74) is 1.37. The second-order valence-electron chi connectivity index (χ2n) is 5.57. The van der Waals surface area contributed by atoms with Crippen LogP contribution in [0.15, 0.2) is 47.4 Å². The monoisotopic (exact) mass is 362 g/mol. The van der Waals surface area contributed by atoms with Crippen molar-refractivity contribution in [1.29, 1.82) is 0 Å². The average molecular weight is 362 g/mol. The van der Waals surface area contributed by atoms with Gasteiger partial charge in [0.15, 0.2) is 0 Å². The number of benzene rings is 2. The first-order valence-corrected chi connectivity index (χ1v) is 9.44. The van der Waals surface area contributed by atoms with Crippen LogP contribution in [0.2, 0.25) is 0 Å². The Hall–Kier alpha value is -2.38. The number of carbonyl (C=O) groups excluding carboxylic acids is 1. The van der Waals surface area contributed by atoms with Crippen molar-refractivity contribution in [3.8, 4) is 5.75 Å². The highest BCUT2D eigenvalue weighted by atomic mass is 32.2. The van der Waals surface area contributed by atoms with E-state index >= 15 is 0 Å². The van der Waals surface area contributed by atoms with Crippen LogP contribution in [-0.4, -0.2) is 36.8 Å². The molecule has 0 atom stereocenters. The Morgan fingerprint density at radius 2 is 1.80 bits per heavy atom. The zero-order valence-corrected chi connectivity index (χ0v) is 15.3. The molecule has 2 N–H and O–H groups in total. The van der Waals surface area contributed by atoms with Gasteiger partial charge in [-0.15, -0.1) is 0 Å². The molecule has 0 saturated heterocycles. The van der Waals surface area contributed by atoms with E-state index in [1.165, 1.54) is 28.6 Å². The number of carbonyl (C=O) groups is 1. The molecule has 0 aliphatic heterocycles. The Morgan fingerprint density at radius 1 is 1.12 bits per heavy atom. The first-order valence-electron chi connectivity index (χ1n) is 8.00. The van der Waals surface area contributed by atoms with Gasteiger partial charge in [-0.25, -0.2) is 8.42 Å². The Balaban J connectivity index is 2.37. The van der Waals surface area contributed by atoms with Crippen LogP contribution >= 0.6 is 0 Å². The van der Waals surface area contributed by atoms with Gasteiger partial charge in [0.25, 0.3) is 5.91 Å². The summed E-state index contributed by atoms with van der Waals surface area (Å²) in [5, 5.41) is 12.1. The van der Waals surface area contributed by atoms with Gasteiger partial charge >= 0.3 is 0 Å². The highest BCUT2D eigenvalue weighted by Crippen LogP contribution is 2.21. The fourth-order valence-electron chi connectivity index (χ4n) is 2.50. The fraction of sp³-hybridized carbons (Fsp3) is 0.278. The van der Waals surface area contributed by atoms with Gasteiger partial charge in [0.05, 0.1) is 4.90 Å². The van der Waals surface area contributed by atoms with Crippen LogP contribution in [0.3, 0.4) is 0 Å². The maximum absolute atomic E-state index is 12.6. The number of hydrogen-bond acceptors (Lipinski definition) is 4. The predicted molar refractivity (Wildman–Crippen MR) is 97.3 cm³/mol. The van der Waals surface area contributed by atoms with Gasteiger partial charge in [-0.05, 0) is 36.8 Å². The lowest BCUT2D eigenvalue weighted by Crippen LogP contribution is -2.30. The average Bonchev–Trinajstić information content (AvgIpc) is 2.55. The topological polar surface area (TPSA) is 86.7 Å². The molecule has 0 aliphatic rings. The van der Waals surface area contributed by atoms with E-state index in [-0.39, 0.29) is 16.2 Å². The number of phenolic OH excluding ortho intramolecular Hbond substituents is 1. The molecule has 0 heterocycles. The summed E-state index contributed by atoms with van der Waals surface area (Å²) >= 11 is 0. The van der Waals surface area contributed by atoms with E-state index in [2.05, 4.69) is 5.32 Å². The largest absolute Gasteiger partial charge is 0.508 e. The molecule has 25 heavy (non-hydrogen) atoms. The van der Waals surface area contributed by atoms with Crippen molar-refractivity contribution in [3.05, 3.63) is 53.6 Å². The van der Waals surface area contributed by atoms with Crippen LogP contribution in [0.5, 0.6) is 5.75 Å². The van der Waals surface area contributed by atoms with Gasteiger partial charge < -0.3 is 10.4 Å². The molecule has 0 aromatic heterocycles. The Labute approximate surface area is 148 Å². The molecule has 2 rings (SSSR count). The van der Waals surface area contributed by atoms with Gasteiger partial charge in [-0.2, -0.15) is 4.31 Å². The van der Waals surface area contributed by atoms with Gasteiger partial charge in [-0.3, -0.25) is 4.79 Å². The second kappa shape index (κ2) is 7.67. The molecule has 0 bridgehead atoms. The number of aromatic hydroxyl groups is 1. The molecule has 0 fully saturated rings. The summed E-state index contributed by atoms with van der Waals surface area (Å²) in [6, 6.07) is 10.7. The molecule has 7 heteroatoms. The minimum absolute atomic E-state index is 0.0346. The van der Waals surface area contributed by atoms with Crippen LogP contribution in [0.25, 0.3) is 0 Å². The molecule has 0 radical (unpaired) electrons. The van der Waals surface area contributed by atoms with E-state index < -0.39 is 15.9 Å². The summed E-state index contributed by atoms with van der Waals surface area (Å²) < 4.78 is 26.6. The van der Waals surface area contributed by atoms with Crippen molar-refractivity contribution in [2.75, 3.05) is 18.4 Å². The number of hydrogen-bond donors (Lipinski definition) is 2. The fourth-order valence-corrected chi connectivity index (χ4v) is 3.99. The van der Waals surface area contributed by atoms with Crippen LogP contribution in [0, 0.1) is 6.92 Å². The summed E-state index contributed by atoms with van der Waals surface area (Å²) in [7, 11) is -3.64. The van der Waals surface area contributed by atoms with Crippen molar-refractivity contribution in [2.45, 2.75) is 25.7 Å². The van der Waals surface area contributed by atoms with Crippen LogP contribution in [0.4, 0.5) is 5.69 Å². The summed E-state index contributed by atoms with van der Waals surface area (Å²) in [6.45, 7) is 6.00. The number of aryl methyl sites for hydroxylation is 1. The smallest absolute Gasteiger partial charge is 0.255 e. The lowest BCUT2D eigenvalue weighted by Gasteiger charge is -2.19. The molecule has 6 nitrogen and oxygen atoms in total. The van der Waals surface area contributed by atoms with Crippen molar-refractivity contribution >= 4 is 21.6 Å². The predicted octanol–water partition coefficient (Wildman–Crippen LogP) is 2.98. The minimum Gasteiger partial charge on any atom is -0.508 e. The Bertz CT molecular complexity index is 874. The van der Waals surface area contributed by atoms with Crippen molar-refractivity contribution in [2.24, 2.45) is 0 Å². The third kappa shape index (κ3) is 4.18. The highest BCUT2D eigenvalue weighted by Gasteiger charge is 2.23. The van der Waals surface area contributed by atoms with Crippen molar-refractivity contribution < 1.29 is 18.3 Å². The lowest BCUT2D eigenvalue weighted by molar-refractivity contribution is 0.102. The van der Waals surface area contributed by atoms with E-state index in [0.29, 0.717) is 24.3 Å². The molecule has 0 unspecified atom stereocenters. The number of amides is 1. The lowest BCUT2D eigenvalue weighted by atomic mass is 10.1. The van der Waals surface area contributed by atoms with E-state index in [1.54, 1.807) is 39.0 Å². The number of nitrogens with zero attached hydrogens (tertiary/aromatic N) is 1. The maximum Gasteiger partial charge on any atom is 0.255 e. The molecular weight excluding hydrogens is 340 g/mol. The molecule has 2 aromatic carbocycles. The summed E-state index contributed by atoms with van der Waals surface area (Å²) in [4.78, 5) is 12.6. The SMILES string of the molecule is CCN(CC)S(=O)(=O)c1ccc(C)c(C(=O)Nc2cccc(O)c2)c1. The van der Waals surface area contributed by atoms with Gasteiger partial charge in [0.2, 0.25) is 10.0 Å². The minimum atomic E-state index is -3.64. The number of nitrogens with one attached hydrogen (secondary N) is 1.